The Labute approximate surface area is 228 Å². The minimum atomic E-state index is -1.52. The van der Waals surface area contributed by atoms with Gasteiger partial charge in [0.15, 0.2) is 0 Å². The van der Waals surface area contributed by atoms with Crippen LogP contribution in [0, 0.1) is 0 Å². The molecular formula is C25H32N8O7. The number of carboxylic acid groups (broad SMARTS) is 1. The van der Waals surface area contributed by atoms with Gasteiger partial charge in [0, 0.05) is 41.8 Å². The number of aliphatic carboxylic acids is 1. The van der Waals surface area contributed by atoms with Crippen molar-refractivity contribution in [2.24, 2.45) is 11.5 Å². The molecule has 1 aromatic carbocycles. The molecule has 5 atom stereocenters. The lowest BCUT2D eigenvalue weighted by Gasteiger charge is -2.25. The molecular weight excluding hydrogens is 524 g/mol. The highest BCUT2D eigenvalue weighted by molar-refractivity contribution is 5.96. The number of primary amides is 1. The van der Waals surface area contributed by atoms with Crippen LogP contribution in [0.2, 0.25) is 0 Å². The summed E-state index contributed by atoms with van der Waals surface area (Å²) in [6.07, 6.45) is 2.40. The Morgan fingerprint density at radius 1 is 0.950 bits per heavy atom. The summed E-state index contributed by atoms with van der Waals surface area (Å²) in [4.78, 5) is 72.2. The van der Waals surface area contributed by atoms with Crippen molar-refractivity contribution in [3.05, 3.63) is 54.2 Å². The number of nitrogens with one attached hydrogen (secondary N) is 5. The molecule has 2 heterocycles. The zero-order valence-corrected chi connectivity index (χ0v) is 21.6. The summed E-state index contributed by atoms with van der Waals surface area (Å²) in [5.41, 5.74) is 12.8. The molecule has 0 fully saturated rings. The Hall–Kier alpha value is -4.76. The number of amides is 4. The SMILES string of the molecule is CC(O)C(N)C(=O)NC(CC(N)=O)C(=O)NC(Cc1c[nH]c2ccccc12)C(=O)NC(Cc1cnc[nH]1)C(=O)O. The van der Waals surface area contributed by atoms with Crippen LogP contribution < -0.4 is 27.4 Å². The number of aliphatic hydroxyl groups is 1. The van der Waals surface area contributed by atoms with E-state index in [-0.39, 0.29) is 12.8 Å². The molecule has 0 saturated heterocycles. The molecule has 3 rings (SSSR count). The highest BCUT2D eigenvalue weighted by atomic mass is 16.4. The maximum absolute atomic E-state index is 13.4. The number of fused-ring (bicyclic) bond motifs is 1. The van der Waals surface area contributed by atoms with Crippen molar-refractivity contribution in [2.45, 2.75) is 56.5 Å². The van der Waals surface area contributed by atoms with E-state index < -0.39 is 66.3 Å². The first kappa shape index (κ1) is 29.8. The first-order valence-corrected chi connectivity index (χ1v) is 12.3. The maximum Gasteiger partial charge on any atom is 0.326 e. The molecule has 15 nitrogen and oxygen atoms in total. The van der Waals surface area contributed by atoms with Crippen molar-refractivity contribution in [1.29, 1.82) is 0 Å². The van der Waals surface area contributed by atoms with Gasteiger partial charge in [0.25, 0.3) is 0 Å². The van der Waals surface area contributed by atoms with Crippen LogP contribution in [-0.2, 0) is 36.8 Å². The van der Waals surface area contributed by atoms with E-state index in [4.69, 9.17) is 11.5 Å². The lowest BCUT2D eigenvalue weighted by atomic mass is 10.0. The summed E-state index contributed by atoms with van der Waals surface area (Å²) in [5, 5.41) is 27.3. The first-order chi connectivity index (χ1) is 19.0. The number of rotatable bonds is 14. The van der Waals surface area contributed by atoms with Crippen LogP contribution in [0.1, 0.15) is 24.6 Å². The van der Waals surface area contributed by atoms with Crippen molar-refractivity contribution in [1.82, 2.24) is 30.9 Å². The summed E-state index contributed by atoms with van der Waals surface area (Å²) in [6, 6.07) is 1.64. The van der Waals surface area contributed by atoms with Crippen molar-refractivity contribution in [3.63, 3.8) is 0 Å². The number of hydrogen-bond acceptors (Lipinski definition) is 8. The Balaban J connectivity index is 1.87. The number of para-hydroxylation sites is 1. The van der Waals surface area contributed by atoms with Gasteiger partial charge in [-0.15, -0.1) is 0 Å². The molecule has 15 heteroatoms. The Kier molecular flexibility index (Phi) is 9.94. The summed E-state index contributed by atoms with van der Waals surface area (Å²) in [5.74, 6) is -4.92. The minimum absolute atomic E-state index is 0.0671. The van der Waals surface area contributed by atoms with Gasteiger partial charge in [-0.2, -0.15) is 0 Å². The molecule has 0 radical (unpaired) electrons. The first-order valence-electron chi connectivity index (χ1n) is 12.3. The number of nitrogens with zero attached hydrogens (tertiary/aromatic N) is 1. The number of H-pyrrole nitrogens is 2. The van der Waals surface area contributed by atoms with Gasteiger partial charge in [-0.1, -0.05) is 18.2 Å². The number of aromatic nitrogens is 3. The molecule has 214 valence electrons. The average molecular weight is 557 g/mol. The number of aliphatic hydroxyl groups excluding tert-OH is 1. The quantitative estimate of drug-likeness (QED) is 0.104. The van der Waals surface area contributed by atoms with E-state index in [0.717, 1.165) is 10.9 Å². The van der Waals surface area contributed by atoms with Crippen molar-refractivity contribution < 1.29 is 34.2 Å². The van der Waals surface area contributed by atoms with E-state index in [0.29, 0.717) is 11.3 Å². The van der Waals surface area contributed by atoms with Gasteiger partial charge in [0.2, 0.25) is 23.6 Å². The second-order valence-electron chi connectivity index (χ2n) is 9.30. The third-order valence-corrected chi connectivity index (χ3v) is 6.19. The molecule has 0 aliphatic heterocycles. The summed E-state index contributed by atoms with van der Waals surface area (Å²) in [7, 11) is 0. The van der Waals surface area contributed by atoms with Crippen LogP contribution in [0.15, 0.2) is 43.0 Å². The van der Waals surface area contributed by atoms with E-state index in [1.54, 1.807) is 12.3 Å². The van der Waals surface area contributed by atoms with Gasteiger partial charge in [-0.05, 0) is 18.6 Å². The molecule has 4 amide bonds. The normalized spacial score (nSPS) is 14.9. The fourth-order valence-corrected chi connectivity index (χ4v) is 3.99. The predicted octanol–water partition coefficient (Wildman–Crippen LogP) is -2.20. The van der Waals surface area contributed by atoms with Gasteiger partial charge >= 0.3 is 5.97 Å². The van der Waals surface area contributed by atoms with Crippen LogP contribution in [0.4, 0.5) is 0 Å². The number of aromatic amines is 2. The highest BCUT2D eigenvalue weighted by Crippen LogP contribution is 2.19. The second kappa shape index (κ2) is 13.3. The smallest absolute Gasteiger partial charge is 0.326 e. The maximum atomic E-state index is 13.4. The van der Waals surface area contributed by atoms with E-state index in [2.05, 4.69) is 30.9 Å². The number of carboxylic acids is 1. The number of hydrogen-bond donors (Lipinski definition) is 9. The Morgan fingerprint density at radius 3 is 2.23 bits per heavy atom. The van der Waals surface area contributed by atoms with Gasteiger partial charge in [0.1, 0.15) is 24.2 Å². The third kappa shape index (κ3) is 7.87. The second-order valence-corrected chi connectivity index (χ2v) is 9.30. The number of carbonyl (C=O) groups is 5. The molecule has 0 aliphatic carbocycles. The number of carbonyl (C=O) groups excluding carboxylic acids is 4. The van der Waals surface area contributed by atoms with Crippen LogP contribution in [0.25, 0.3) is 10.9 Å². The standard InChI is InChI=1S/C25H32N8O7/c1-12(34)21(27)24(38)32-18(8-20(26)35)23(37)31-17(6-13-9-29-16-5-3-2-4-15(13)16)22(36)33-19(25(39)40)7-14-10-28-11-30-14/h2-5,9-12,17-19,21,29,34H,6-8,27H2,1H3,(H2,26,35)(H,28,30)(H,31,37)(H,32,38)(H,33,36)(H,39,40). The number of imidazole rings is 1. The van der Waals surface area contributed by atoms with E-state index in [1.807, 2.05) is 18.2 Å². The number of benzene rings is 1. The molecule has 0 aliphatic rings. The molecule has 0 spiro atoms. The molecule has 11 N–H and O–H groups in total. The fourth-order valence-electron chi connectivity index (χ4n) is 3.99. The molecule has 40 heavy (non-hydrogen) atoms. The fraction of sp³-hybridized carbons (Fsp3) is 0.360. The Bertz CT molecular complexity index is 1350. The average Bonchev–Trinajstić information content (AvgIpc) is 3.56. The van der Waals surface area contributed by atoms with Gasteiger partial charge in [0.05, 0.1) is 18.9 Å². The van der Waals surface area contributed by atoms with Crippen molar-refractivity contribution >= 4 is 40.5 Å². The summed E-state index contributed by atoms with van der Waals surface area (Å²) < 4.78 is 0. The lowest BCUT2D eigenvalue weighted by molar-refractivity contribution is -0.142. The highest BCUT2D eigenvalue weighted by Gasteiger charge is 2.32. The van der Waals surface area contributed by atoms with Gasteiger partial charge in [-0.3, -0.25) is 19.2 Å². The molecule has 2 aromatic heterocycles. The predicted molar refractivity (Wildman–Crippen MR) is 141 cm³/mol. The van der Waals surface area contributed by atoms with E-state index >= 15 is 0 Å². The third-order valence-electron chi connectivity index (χ3n) is 6.19. The van der Waals surface area contributed by atoms with Crippen molar-refractivity contribution in [2.75, 3.05) is 0 Å². The molecule has 0 bridgehead atoms. The molecule has 0 saturated carbocycles. The van der Waals surface area contributed by atoms with E-state index in [9.17, 15) is 34.2 Å². The molecule has 5 unspecified atom stereocenters. The summed E-state index contributed by atoms with van der Waals surface area (Å²) >= 11 is 0. The van der Waals surface area contributed by atoms with Gasteiger partial charge in [-0.25, -0.2) is 9.78 Å². The monoisotopic (exact) mass is 556 g/mol. The largest absolute Gasteiger partial charge is 0.480 e. The van der Waals surface area contributed by atoms with Crippen molar-refractivity contribution in [3.8, 4) is 0 Å². The number of nitrogens with two attached hydrogens (primary N) is 2. The van der Waals surface area contributed by atoms with Crippen LogP contribution in [-0.4, -0.2) is 85.0 Å². The summed E-state index contributed by atoms with van der Waals surface area (Å²) in [6.45, 7) is 1.27. The molecule has 3 aromatic rings. The topological polar surface area (TPSA) is 258 Å². The zero-order valence-electron chi connectivity index (χ0n) is 21.6. The van der Waals surface area contributed by atoms with E-state index in [1.165, 1.54) is 19.4 Å². The van der Waals surface area contributed by atoms with Crippen LogP contribution >= 0.6 is 0 Å². The zero-order chi connectivity index (χ0) is 29.4. The lowest BCUT2D eigenvalue weighted by Crippen LogP contribution is -2.59. The van der Waals surface area contributed by atoms with Crippen LogP contribution in [0.3, 0.4) is 0 Å². The van der Waals surface area contributed by atoms with Crippen LogP contribution in [0.5, 0.6) is 0 Å². The minimum Gasteiger partial charge on any atom is -0.480 e. The Morgan fingerprint density at radius 2 is 1.60 bits per heavy atom. The van der Waals surface area contributed by atoms with Gasteiger partial charge < -0.3 is 47.6 Å².